The van der Waals surface area contributed by atoms with Gasteiger partial charge in [0.25, 0.3) is 0 Å². The van der Waals surface area contributed by atoms with Crippen molar-refractivity contribution in [1.29, 1.82) is 0 Å². The highest BCUT2D eigenvalue weighted by Gasteiger charge is 2.23. The first-order chi connectivity index (χ1) is 7.88. The summed E-state index contributed by atoms with van der Waals surface area (Å²) in [7, 11) is 0. The summed E-state index contributed by atoms with van der Waals surface area (Å²) in [6, 6.07) is -1.47. The van der Waals surface area contributed by atoms with E-state index < -0.39 is 18.1 Å². The molecule has 1 unspecified atom stereocenters. The van der Waals surface area contributed by atoms with Crippen LogP contribution < -0.4 is 11.1 Å². The number of hydrogen-bond acceptors (Lipinski definition) is 4. The van der Waals surface area contributed by atoms with Crippen LogP contribution in [-0.4, -0.2) is 41.1 Å². The van der Waals surface area contributed by atoms with Crippen LogP contribution in [-0.2, 0) is 9.59 Å². The summed E-state index contributed by atoms with van der Waals surface area (Å²) in [4.78, 5) is 22.6. The lowest BCUT2D eigenvalue weighted by Gasteiger charge is -2.18. The third-order valence-corrected chi connectivity index (χ3v) is 2.93. The lowest BCUT2D eigenvalue weighted by Crippen LogP contribution is -2.49. The smallest absolute Gasteiger partial charge is 0.326 e. The molecule has 17 heavy (non-hydrogen) atoms. The average molecular weight is 262 g/mol. The van der Waals surface area contributed by atoms with Crippen molar-refractivity contribution in [3.8, 4) is 0 Å². The van der Waals surface area contributed by atoms with Gasteiger partial charge in [-0.15, -0.1) is 0 Å². The Morgan fingerprint density at radius 3 is 2.41 bits per heavy atom. The summed E-state index contributed by atoms with van der Waals surface area (Å²) in [6.07, 6.45) is 2.86. The van der Waals surface area contributed by atoms with Crippen molar-refractivity contribution < 1.29 is 14.7 Å². The van der Waals surface area contributed by atoms with Crippen LogP contribution in [0.1, 0.15) is 26.7 Å². The van der Waals surface area contributed by atoms with Crippen LogP contribution in [0.4, 0.5) is 0 Å². The second-order valence-electron chi connectivity index (χ2n) is 4.42. The SMILES string of the molecule is CSCCC(NC(=O)[C@H](N)CC(C)C)C(=O)O. The Bertz CT molecular complexity index is 259. The van der Waals surface area contributed by atoms with E-state index in [0.717, 1.165) is 0 Å². The standard InChI is InChI=1S/C11H22N2O3S/c1-7(2)6-8(12)10(14)13-9(11(15)16)4-5-17-3/h7-9H,4-6,12H2,1-3H3,(H,13,14)(H,15,16)/t8-,9?/m1/s1. The highest BCUT2D eigenvalue weighted by atomic mass is 32.2. The minimum absolute atomic E-state index is 0.310. The minimum Gasteiger partial charge on any atom is -0.480 e. The molecular weight excluding hydrogens is 240 g/mol. The number of carboxylic acid groups (broad SMARTS) is 1. The molecular formula is C11H22N2O3S. The maximum atomic E-state index is 11.7. The number of thioether (sulfide) groups is 1. The van der Waals surface area contributed by atoms with Gasteiger partial charge < -0.3 is 16.2 Å². The van der Waals surface area contributed by atoms with Crippen molar-refractivity contribution >= 4 is 23.6 Å². The lowest BCUT2D eigenvalue weighted by molar-refractivity contribution is -0.142. The summed E-state index contributed by atoms with van der Waals surface area (Å²) in [5, 5.41) is 11.4. The average Bonchev–Trinajstić information content (AvgIpc) is 2.22. The molecule has 0 bridgehead atoms. The molecule has 0 rings (SSSR count). The highest BCUT2D eigenvalue weighted by molar-refractivity contribution is 7.98. The molecule has 0 saturated heterocycles. The molecule has 0 spiro atoms. The van der Waals surface area contributed by atoms with Crippen molar-refractivity contribution in [2.45, 2.75) is 38.8 Å². The van der Waals surface area contributed by atoms with E-state index in [0.29, 0.717) is 24.5 Å². The van der Waals surface area contributed by atoms with Crippen molar-refractivity contribution in [2.75, 3.05) is 12.0 Å². The number of nitrogens with one attached hydrogen (secondary N) is 1. The highest BCUT2D eigenvalue weighted by Crippen LogP contribution is 2.05. The number of hydrogen-bond donors (Lipinski definition) is 3. The van der Waals surface area contributed by atoms with Crippen LogP contribution in [0.2, 0.25) is 0 Å². The third-order valence-electron chi connectivity index (χ3n) is 2.29. The van der Waals surface area contributed by atoms with Crippen LogP contribution in [0.5, 0.6) is 0 Å². The van der Waals surface area contributed by atoms with Crippen LogP contribution in [0.15, 0.2) is 0 Å². The second-order valence-corrected chi connectivity index (χ2v) is 5.40. The molecule has 6 heteroatoms. The number of aliphatic carboxylic acids is 1. The molecule has 100 valence electrons. The van der Waals surface area contributed by atoms with E-state index >= 15 is 0 Å². The van der Waals surface area contributed by atoms with E-state index in [9.17, 15) is 9.59 Å². The molecule has 0 saturated carbocycles. The third kappa shape index (κ3) is 7.23. The van der Waals surface area contributed by atoms with Gasteiger partial charge in [0.15, 0.2) is 0 Å². The summed E-state index contributed by atoms with van der Waals surface area (Å²) < 4.78 is 0. The topological polar surface area (TPSA) is 92.4 Å². The van der Waals surface area contributed by atoms with E-state index in [1.165, 1.54) is 0 Å². The first-order valence-corrected chi connectivity index (χ1v) is 7.05. The normalized spacial score (nSPS) is 14.4. The number of rotatable bonds is 8. The van der Waals surface area contributed by atoms with Gasteiger partial charge in [0.1, 0.15) is 6.04 Å². The Morgan fingerprint density at radius 1 is 1.41 bits per heavy atom. The predicted molar refractivity (Wildman–Crippen MR) is 70.0 cm³/mol. The van der Waals surface area contributed by atoms with Gasteiger partial charge in [-0.2, -0.15) is 11.8 Å². The van der Waals surface area contributed by atoms with Gasteiger partial charge in [-0.25, -0.2) is 4.79 Å². The number of amides is 1. The van der Waals surface area contributed by atoms with E-state index in [-0.39, 0.29) is 5.91 Å². The molecule has 0 heterocycles. The fourth-order valence-electron chi connectivity index (χ4n) is 1.39. The van der Waals surface area contributed by atoms with E-state index in [1.807, 2.05) is 20.1 Å². The Hall–Kier alpha value is -0.750. The largest absolute Gasteiger partial charge is 0.480 e. The summed E-state index contributed by atoms with van der Waals surface area (Å²) >= 11 is 1.55. The van der Waals surface area contributed by atoms with Crippen molar-refractivity contribution in [3.05, 3.63) is 0 Å². The Morgan fingerprint density at radius 2 is 2.00 bits per heavy atom. The van der Waals surface area contributed by atoms with Crippen LogP contribution in [0, 0.1) is 5.92 Å². The number of carbonyl (C=O) groups excluding carboxylic acids is 1. The number of nitrogens with two attached hydrogens (primary N) is 1. The Balaban J connectivity index is 4.24. The molecule has 0 aromatic rings. The van der Waals surface area contributed by atoms with Crippen molar-refractivity contribution in [2.24, 2.45) is 11.7 Å². The van der Waals surface area contributed by atoms with E-state index in [4.69, 9.17) is 10.8 Å². The zero-order valence-electron chi connectivity index (χ0n) is 10.6. The molecule has 0 aromatic heterocycles. The molecule has 0 aliphatic rings. The molecule has 1 amide bonds. The second kappa shape index (κ2) is 8.36. The molecule has 0 aliphatic heterocycles. The molecule has 5 nitrogen and oxygen atoms in total. The first-order valence-electron chi connectivity index (χ1n) is 5.66. The summed E-state index contributed by atoms with van der Waals surface area (Å²) in [6.45, 7) is 3.94. The van der Waals surface area contributed by atoms with E-state index in [1.54, 1.807) is 11.8 Å². The zero-order chi connectivity index (χ0) is 13.4. The molecule has 0 aromatic carbocycles. The zero-order valence-corrected chi connectivity index (χ0v) is 11.4. The maximum absolute atomic E-state index is 11.7. The van der Waals surface area contributed by atoms with Gasteiger partial charge in [-0.1, -0.05) is 13.8 Å². The number of carboxylic acids is 1. The van der Waals surface area contributed by atoms with Crippen LogP contribution >= 0.6 is 11.8 Å². The quantitative estimate of drug-likeness (QED) is 0.598. The maximum Gasteiger partial charge on any atom is 0.326 e. The fraction of sp³-hybridized carbons (Fsp3) is 0.818. The molecule has 0 fully saturated rings. The molecule has 4 N–H and O–H groups in total. The lowest BCUT2D eigenvalue weighted by atomic mass is 10.0. The molecule has 0 aliphatic carbocycles. The fourth-order valence-corrected chi connectivity index (χ4v) is 1.86. The van der Waals surface area contributed by atoms with Crippen LogP contribution in [0.3, 0.4) is 0 Å². The van der Waals surface area contributed by atoms with Gasteiger partial charge in [-0.3, -0.25) is 4.79 Å². The monoisotopic (exact) mass is 262 g/mol. The predicted octanol–water partition coefficient (Wildman–Crippen LogP) is 0.682. The van der Waals surface area contributed by atoms with Gasteiger partial charge >= 0.3 is 5.97 Å². The Kier molecular flexibility index (Phi) is 7.99. The van der Waals surface area contributed by atoms with Gasteiger partial charge in [-0.05, 0) is 30.8 Å². The van der Waals surface area contributed by atoms with Crippen molar-refractivity contribution in [1.82, 2.24) is 5.32 Å². The summed E-state index contributed by atoms with van der Waals surface area (Å²) in [5.74, 6) is -0.391. The molecule has 2 atom stereocenters. The minimum atomic E-state index is -1.01. The Labute approximate surface area is 107 Å². The number of carbonyl (C=O) groups is 2. The molecule has 0 radical (unpaired) electrons. The first kappa shape index (κ1) is 16.2. The van der Waals surface area contributed by atoms with Crippen LogP contribution in [0.25, 0.3) is 0 Å². The summed E-state index contributed by atoms with van der Waals surface area (Å²) in [5.41, 5.74) is 5.69. The van der Waals surface area contributed by atoms with Crippen molar-refractivity contribution in [3.63, 3.8) is 0 Å². The van der Waals surface area contributed by atoms with E-state index in [2.05, 4.69) is 5.32 Å². The van der Waals surface area contributed by atoms with Gasteiger partial charge in [0.05, 0.1) is 6.04 Å². The van der Waals surface area contributed by atoms with Gasteiger partial charge in [0, 0.05) is 0 Å². The van der Waals surface area contributed by atoms with Gasteiger partial charge in [0.2, 0.25) is 5.91 Å².